The van der Waals surface area contributed by atoms with Crippen molar-refractivity contribution in [3.8, 4) is 11.5 Å². The first-order valence-electron chi connectivity index (χ1n) is 4.92. The lowest BCUT2D eigenvalue weighted by molar-refractivity contribution is 0.173. The molecule has 1 heterocycles. The standard InChI is InChI=1S/C11H14BrNO2/c1-6-3-9-11(15-5-14-9)10(12)8(6)4-7(2)13/h3,7H,4-5,13H2,1-2H3. The highest BCUT2D eigenvalue weighted by Gasteiger charge is 2.21. The summed E-state index contributed by atoms with van der Waals surface area (Å²) < 4.78 is 11.7. The van der Waals surface area contributed by atoms with Crippen LogP contribution in [0.15, 0.2) is 10.5 Å². The monoisotopic (exact) mass is 271 g/mol. The van der Waals surface area contributed by atoms with Crippen LogP contribution in [0.5, 0.6) is 11.5 Å². The molecule has 0 fully saturated rings. The minimum atomic E-state index is 0.139. The molecule has 2 rings (SSSR count). The number of hydrogen-bond donors (Lipinski definition) is 1. The van der Waals surface area contributed by atoms with Gasteiger partial charge in [-0.15, -0.1) is 0 Å². The minimum absolute atomic E-state index is 0.139. The smallest absolute Gasteiger partial charge is 0.231 e. The fourth-order valence-electron chi connectivity index (χ4n) is 1.73. The van der Waals surface area contributed by atoms with Gasteiger partial charge in [0.2, 0.25) is 6.79 Å². The molecule has 2 N–H and O–H groups in total. The van der Waals surface area contributed by atoms with Crippen molar-refractivity contribution in [1.82, 2.24) is 0 Å². The van der Waals surface area contributed by atoms with Gasteiger partial charge in [0, 0.05) is 6.04 Å². The molecule has 0 amide bonds. The first kappa shape index (κ1) is 10.8. The van der Waals surface area contributed by atoms with Crippen LogP contribution in [0, 0.1) is 6.92 Å². The van der Waals surface area contributed by atoms with E-state index in [1.165, 1.54) is 11.1 Å². The number of benzene rings is 1. The van der Waals surface area contributed by atoms with Crippen molar-refractivity contribution >= 4 is 15.9 Å². The summed E-state index contributed by atoms with van der Waals surface area (Å²) >= 11 is 3.55. The van der Waals surface area contributed by atoms with Gasteiger partial charge in [-0.3, -0.25) is 0 Å². The maximum Gasteiger partial charge on any atom is 0.231 e. The zero-order valence-corrected chi connectivity index (χ0v) is 10.4. The molecule has 3 nitrogen and oxygen atoms in total. The highest BCUT2D eigenvalue weighted by atomic mass is 79.9. The van der Waals surface area contributed by atoms with Crippen molar-refractivity contribution in [3.05, 3.63) is 21.7 Å². The molecular weight excluding hydrogens is 258 g/mol. The first-order chi connectivity index (χ1) is 7.09. The number of halogens is 1. The molecule has 0 radical (unpaired) electrons. The van der Waals surface area contributed by atoms with Crippen molar-refractivity contribution < 1.29 is 9.47 Å². The zero-order chi connectivity index (χ0) is 11.0. The Kier molecular flexibility index (Phi) is 2.89. The van der Waals surface area contributed by atoms with Gasteiger partial charge >= 0.3 is 0 Å². The van der Waals surface area contributed by atoms with Gasteiger partial charge in [0.15, 0.2) is 11.5 Å². The van der Waals surface area contributed by atoms with Crippen LogP contribution in [0.2, 0.25) is 0 Å². The van der Waals surface area contributed by atoms with Crippen LogP contribution < -0.4 is 15.2 Å². The zero-order valence-electron chi connectivity index (χ0n) is 8.84. The summed E-state index contributed by atoms with van der Waals surface area (Å²) in [5.74, 6) is 1.61. The molecule has 0 bridgehead atoms. The number of aryl methyl sites for hydroxylation is 1. The summed E-state index contributed by atoms with van der Waals surface area (Å²) in [5.41, 5.74) is 8.20. The van der Waals surface area contributed by atoms with E-state index >= 15 is 0 Å². The van der Waals surface area contributed by atoms with Gasteiger partial charge in [-0.1, -0.05) is 0 Å². The van der Waals surface area contributed by atoms with Crippen molar-refractivity contribution in [2.45, 2.75) is 26.3 Å². The highest BCUT2D eigenvalue weighted by Crippen LogP contribution is 2.42. The van der Waals surface area contributed by atoms with Gasteiger partial charge in [0.05, 0.1) is 4.47 Å². The molecule has 0 saturated carbocycles. The summed E-state index contributed by atoms with van der Waals surface area (Å²) in [6, 6.07) is 2.14. The molecule has 0 saturated heterocycles. The van der Waals surface area contributed by atoms with Gasteiger partial charge in [-0.25, -0.2) is 0 Å². The maximum absolute atomic E-state index is 5.81. The third-order valence-corrected chi connectivity index (χ3v) is 3.29. The summed E-state index contributed by atoms with van der Waals surface area (Å²) in [6.45, 7) is 4.36. The van der Waals surface area contributed by atoms with E-state index in [9.17, 15) is 0 Å². The van der Waals surface area contributed by atoms with Crippen molar-refractivity contribution in [1.29, 1.82) is 0 Å². The summed E-state index contributed by atoms with van der Waals surface area (Å²) in [7, 11) is 0. The SMILES string of the molecule is Cc1cc2c(c(Br)c1CC(C)N)OCO2. The van der Waals surface area contributed by atoms with Crippen LogP contribution in [-0.2, 0) is 6.42 Å². The van der Waals surface area contributed by atoms with Crippen LogP contribution >= 0.6 is 15.9 Å². The molecule has 1 aliphatic rings. The summed E-state index contributed by atoms with van der Waals surface area (Å²) in [4.78, 5) is 0. The summed E-state index contributed by atoms with van der Waals surface area (Å²) in [6.07, 6.45) is 0.836. The van der Waals surface area contributed by atoms with Crippen molar-refractivity contribution in [3.63, 3.8) is 0 Å². The minimum Gasteiger partial charge on any atom is -0.454 e. The number of hydrogen-bond acceptors (Lipinski definition) is 3. The Morgan fingerprint density at radius 2 is 2.27 bits per heavy atom. The van der Waals surface area contributed by atoms with Gasteiger partial charge < -0.3 is 15.2 Å². The fraction of sp³-hybridized carbons (Fsp3) is 0.455. The van der Waals surface area contributed by atoms with E-state index in [-0.39, 0.29) is 6.04 Å². The predicted octanol–water partition coefficient (Wildman–Crippen LogP) is 2.38. The molecule has 0 spiro atoms. The van der Waals surface area contributed by atoms with Crippen LogP contribution in [0.4, 0.5) is 0 Å². The topological polar surface area (TPSA) is 44.5 Å². The average molecular weight is 272 g/mol. The lowest BCUT2D eigenvalue weighted by Gasteiger charge is -2.12. The summed E-state index contributed by atoms with van der Waals surface area (Å²) in [5, 5.41) is 0. The second-order valence-electron chi connectivity index (χ2n) is 3.90. The van der Waals surface area contributed by atoms with Gasteiger partial charge in [0.1, 0.15) is 0 Å². The number of fused-ring (bicyclic) bond motifs is 1. The Labute approximate surface area is 97.7 Å². The Hall–Kier alpha value is -0.740. The Balaban J connectivity index is 2.46. The highest BCUT2D eigenvalue weighted by molar-refractivity contribution is 9.10. The van der Waals surface area contributed by atoms with E-state index in [1.54, 1.807) is 0 Å². The van der Waals surface area contributed by atoms with Gasteiger partial charge in [0.25, 0.3) is 0 Å². The molecule has 1 aliphatic heterocycles. The second-order valence-corrected chi connectivity index (χ2v) is 4.69. The third kappa shape index (κ3) is 1.96. The molecule has 1 unspecified atom stereocenters. The molecule has 0 aromatic heterocycles. The van der Waals surface area contributed by atoms with Crippen LogP contribution in [0.1, 0.15) is 18.1 Å². The number of rotatable bonds is 2. The Morgan fingerprint density at radius 1 is 1.53 bits per heavy atom. The van der Waals surface area contributed by atoms with Crippen LogP contribution in [0.25, 0.3) is 0 Å². The van der Waals surface area contributed by atoms with E-state index in [1.807, 2.05) is 13.0 Å². The van der Waals surface area contributed by atoms with Crippen LogP contribution in [-0.4, -0.2) is 12.8 Å². The van der Waals surface area contributed by atoms with Gasteiger partial charge in [-0.2, -0.15) is 0 Å². The molecular formula is C11H14BrNO2. The third-order valence-electron chi connectivity index (χ3n) is 2.46. The Bertz CT molecular complexity index is 391. The fourth-order valence-corrected chi connectivity index (χ4v) is 2.52. The van der Waals surface area contributed by atoms with E-state index in [4.69, 9.17) is 15.2 Å². The van der Waals surface area contributed by atoms with Crippen molar-refractivity contribution in [2.75, 3.05) is 6.79 Å². The number of ether oxygens (including phenoxy) is 2. The molecule has 1 atom stereocenters. The van der Waals surface area contributed by atoms with E-state index < -0.39 is 0 Å². The molecule has 15 heavy (non-hydrogen) atoms. The molecule has 1 aromatic carbocycles. The second kappa shape index (κ2) is 4.02. The number of nitrogens with two attached hydrogens (primary N) is 1. The normalized spacial score (nSPS) is 15.5. The first-order valence-corrected chi connectivity index (χ1v) is 5.72. The lowest BCUT2D eigenvalue weighted by Crippen LogP contribution is -2.18. The quantitative estimate of drug-likeness (QED) is 0.899. The largest absolute Gasteiger partial charge is 0.454 e. The maximum atomic E-state index is 5.81. The lowest BCUT2D eigenvalue weighted by atomic mass is 10.0. The van der Waals surface area contributed by atoms with E-state index in [2.05, 4.69) is 22.9 Å². The van der Waals surface area contributed by atoms with E-state index in [0.717, 1.165) is 22.4 Å². The Morgan fingerprint density at radius 3 is 2.93 bits per heavy atom. The van der Waals surface area contributed by atoms with Crippen LogP contribution in [0.3, 0.4) is 0 Å². The molecule has 0 aliphatic carbocycles. The molecule has 1 aromatic rings. The van der Waals surface area contributed by atoms with E-state index in [0.29, 0.717) is 6.79 Å². The molecule has 4 heteroatoms. The molecule has 82 valence electrons. The average Bonchev–Trinajstić information content (AvgIpc) is 2.59. The van der Waals surface area contributed by atoms with Gasteiger partial charge in [-0.05, 0) is 53.4 Å². The van der Waals surface area contributed by atoms with Crippen molar-refractivity contribution in [2.24, 2.45) is 5.73 Å². The predicted molar refractivity (Wildman–Crippen MR) is 62.4 cm³/mol.